The molecule has 7 heteroatoms. The van der Waals surface area contributed by atoms with Crippen LogP contribution in [0.4, 0.5) is 0 Å². The molecule has 0 fully saturated rings. The third-order valence-electron chi connectivity index (χ3n) is 2.80. The molecular weight excluding hydrogens is 254 g/mol. The van der Waals surface area contributed by atoms with Gasteiger partial charge in [-0.15, -0.1) is 0 Å². The summed E-state index contributed by atoms with van der Waals surface area (Å²) in [5, 5.41) is 0. The van der Waals surface area contributed by atoms with Crippen LogP contribution in [-0.2, 0) is 23.8 Å². The summed E-state index contributed by atoms with van der Waals surface area (Å²) >= 11 is 0. The number of methoxy groups -OCH3 is 2. The molecular formula is C12H13NO6. The number of nitrogens with zero attached hydrogens (tertiary/aromatic N) is 1. The molecule has 1 atom stereocenters. The summed E-state index contributed by atoms with van der Waals surface area (Å²) in [6.07, 6.45) is 0.369. The van der Waals surface area contributed by atoms with Crippen LogP contribution in [0.5, 0.6) is 0 Å². The first-order valence-electron chi connectivity index (χ1n) is 5.49. The molecule has 0 spiro atoms. The smallest absolute Gasteiger partial charge is 0.350 e. The topological polar surface area (TPSA) is 87.3 Å². The van der Waals surface area contributed by atoms with E-state index in [9.17, 15) is 9.59 Å². The predicted octanol–water partition coefficient (Wildman–Crippen LogP) is 0.854. The van der Waals surface area contributed by atoms with Gasteiger partial charge in [0.05, 0.1) is 20.5 Å². The summed E-state index contributed by atoms with van der Waals surface area (Å²) in [5.74, 6) is -1.26. The number of aliphatic imine (C=N–C) groups is 1. The molecule has 0 N–H and O–H groups in total. The second-order valence-electron chi connectivity index (χ2n) is 3.89. The van der Waals surface area contributed by atoms with Gasteiger partial charge in [0.1, 0.15) is 5.76 Å². The summed E-state index contributed by atoms with van der Waals surface area (Å²) in [4.78, 5) is 28.1. The van der Waals surface area contributed by atoms with Gasteiger partial charge < -0.3 is 18.6 Å². The van der Waals surface area contributed by atoms with E-state index in [4.69, 9.17) is 9.15 Å². The van der Waals surface area contributed by atoms with Crippen molar-refractivity contribution < 1.29 is 28.2 Å². The molecule has 1 aromatic rings. The van der Waals surface area contributed by atoms with Crippen LogP contribution in [0, 0.1) is 0 Å². The highest BCUT2D eigenvalue weighted by Crippen LogP contribution is 2.40. The van der Waals surface area contributed by atoms with Gasteiger partial charge >= 0.3 is 17.5 Å². The lowest BCUT2D eigenvalue weighted by atomic mass is 9.92. The van der Waals surface area contributed by atoms with E-state index in [-0.39, 0.29) is 11.7 Å². The number of carbonyl (C=O) groups excluding carboxylic acids is 2. The quantitative estimate of drug-likeness (QED) is 0.596. The normalized spacial score (nSPS) is 20.4. The summed E-state index contributed by atoms with van der Waals surface area (Å²) in [6.45, 7) is 1.53. The Morgan fingerprint density at radius 3 is 2.42 bits per heavy atom. The summed E-state index contributed by atoms with van der Waals surface area (Å²) in [7, 11) is 2.32. The molecule has 2 heterocycles. The van der Waals surface area contributed by atoms with E-state index in [0.29, 0.717) is 0 Å². The number of furan rings is 1. The van der Waals surface area contributed by atoms with Gasteiger partial charge in [0.25, 0.3) is 0 Å². The molecule has 0 saturated carbocycles. The first-order chi connectivity index (χ1) is 9.06. The Balaban J connectivity index is 2.54. The molecule has 19 heavy (non-hydrogen) atoms. The van der Waals surface area contributed by atoms with Crippen molar-refractivity contribution in [2.24, 2.45) is 4.99 Å². The average molecular weight is 267 g/mol. The van der Waals surface area contributed by atoms with Crippen LogP contribution < -0.4 is 0 Å². The zero-order valence-corrected chi connectivity index (χ0v) is 10.7. The van der Waals surface area contributed by atoms with Crippen molar-refractivity contribution in [3.05, 3.63) is 24.2 Å². The lowest BCUT2D eigenvalue weighted by molar-refractivity contribution is -0.165. The van der Waals surface area contributed by atoms with Gasteiger partial charge in [-0.05, 0) is 12.1 Å². The number of hydrogen-bond acceptors (Lipinski definition) is 7. The number of carbonyl (C=O) groups is 2. The molecule has 1 aliphatic rings. The molecule has 0 aromatic carbocycles. The monoisotopic (exact) mass is 267 g/mol. The Hall–Kier alpha value is -2.31. The van der Waals surface area contributed by atoms with Gasteiger partial charge in [0, 0.05) is 6.92 Å². The minimum atomic E-state index is -1.93. The molecule has 1 aromatic heterocycles. The Morgan fingerprint density at radius 1 is 1.32 bits per heavy atom. The predicted molar refractivity (Wildman–Crippen MR) is 62.4 cm³/mol. The fourth-order valence-electron chi connectivity index (χ4n) is 1.99. The Labute approximate surface area is 109 Å². The van der Waals surface area contributed by atoms with Crippen LogP contribution in [0.15, 0.2) is 27.8 Å². The summed E-state index contributed by atoms with van der Waals surface area (Å²) < 4.78 is 20.0. The van der Waals surface area contributed by atoms with E-state index >= 15 is 0 Å². The highest BCUT2D eigenvalue weighted by molar-refractivity contribution is 6.09. The Morgan fingerprint density at radius 2 is 1.95 bits per heavy atom. The van der Waals surface area contributed by atoms with Gasteiger partial charge in [0.15, 0.2) is 5.90 Å². The molecule has 0 saturated heterocycles. The first kappa shape index (κ1) is 13.1. The van der Waals surface area contributed by atoms with Crippen molar-refractivity contribution in [3.63, 3.8) is 0 Å². The van der Waals surface area contributed by atoms with Gasteiger partial charge in [-0.1, -0.05) is 0 Å². The van der Waals surface area contributed by atoms with E-state index in [0.717, 1.165) is 14.2 Å². The maximum absolute atomic E-state index is 12.0. The number of esters is 2. The molecule has 1 unspecified atom stereocenters. The highest BCUT2D eigenvalue weighted by Gasteiger charge is 2.62. The Kier molecular flexibility index (Phi) is 3.28. The lowest BCUT2D eigenvalue weighted by Crippen LogP contribution is -2.49. The number of ether oxygens (including phenoxy) is 3. The number of rotatable bonds is 3. The van der Waals surface area contributed by atoms with Gasteiger partial charge in [-0.3, -0.25) is 0 Å². The van der Waals surface area contributed by atoms with Gasteiger partial charge in [-0.25, -0.2) is 14.6 Å². The van der Waals surface area contributed by atoms with Crippen molar-refractivity contribution in [1.82, 2.24) is 0 Å². The van der Waals surface area contributed by atoms with Crippen molar-refractivity contribution in [2.45, 2.75) is 18.6 Å². The van der Waals surface area contributed by atoms with Gasteiger partial charge in [-0.2, -0.15) is 0 Å². The number of hydrogen-bond donors (Lipinski definition) is 0. The Bertz CT molecular complexity index is 502. The third-order valence-corrected chi connectivity index (χ3v) is 2.80. The van der Waals surface area contributed by atoms with Crippen molar-refractivity contribution in [3.8, 4) is 0 Å². The van der Waals surface area contributed by atoms with Crippen LogP contribution in [0.1, 0.15) is 18.8 Å². The second kappa shape index (κ2) is 4.75. The zero-order valence-electron chi connectivity index (χ0n) is 10.7. The van der Waals surface area contributed by atoms with Crippen LogP contribution in [0.25, 0.3) is 0 Å². The zero-order chi connectivity index (χ0) is 14.0. The fraction of sp³-hybridized carbons (Fsp3) is 0.417. The van der Waals surface area contributed by atoms with Crippen LogP contribution >= 0.6 is 0 Å². The highest BCUT2D eigenvalue weighted by atomic mass is 16.6. The molecule has 0 radical (unpaired) electrons. The standard InChI is InChI=1S/C12H13NO6/c1-7-13-12(10(14)16-2,11(15)17-3)9(19-7)8-5-4-6-18-8/h4-6,9H,1-3H3. The molecule has 0 aliphatic carbocycles. The van der Waals surface area contributed by atoms with Crippen LogP contribution in [-0.4, -0.2) is 37.6 Å². The first-order valence-corrected chi connectivity index (χ1v) is 5.49. The largest absolute Gasteiger partial charge is 0.467 e. The minimum absolute atomic E-state index is 0.178. The molecule has 0 bridgehead atoms. The fourth-order valence-corrected chi connectivity index (χ4v) is 1.99. The van der Waals surface area contributed by atoms with Crippen molar-refractivity contribution >= 4 is 17.8 Å². The van der Waals surface area contributed by atoms with Crippen molar-refractivity contribution in [2.75, 3.05) is 14.2 Å². The van der Waals surface area contributed by atoms with E-state index < -0.39 is 23.6 Å². The maximum Gasteiger partial charge on any atom is 0.350 e. The van der Waals surface area contributed by atoms with E-state index in [1.807, 2.05) is 0 Å². The van der Waals surface area contributed by atoms with Crippen molar-refractivity contribution in [1.29, 1.82) is 0 Å². The maximum atomic E-state index is 12.0. The summed E-state index contributed by atoms with van der Waals surface area (Å²) in [6, 6.07) is 3.20. The molecule has 1 aliphatic heterocycles. The lowest BCUT2D eigenvalue weighted by Gasteiger charge is -2.24. The SMILES string of the molecule is COC(=O)C1(C(=O)OC)N=C(C)OC1c1ccco1. The molecule has 0 amide bonds. The summed E-state index contributed by atoms with van der Waals surface area (Å²) in [5.41, 5.74) is -1.93. The van der Waals surface area contributed by atoms with E-state index in [1.54, 1.807) is 12.1 Å². The molecule has 7 nitrogen and oxygen atoms in total. The average Bonchev–Trinajstić information content (AvgIpc) is 3.04. The third kappa shape index (κ3) is 1.87. The van der Waals surface area contributed by atoms with Gasteiger partial charge in [0.2, 0.25) is 6.10 Å². The van der Waals surface area contributed by atoms with Crippen LogP contribution in [0.2, 0.25) is 0 Å². The second-order valence-corrected chi connectivity index (χ2v) is 3.89. The minimum Gasteiger partial charge on any atom is -0.467 e. The molecule has 102 valence electrons. The molecule has 2 rings (SSSR count). The van der Waals surface area contributed by atoms with E-state index in [1.165, 1.54) is 13.2 Å². The van der Waals surface area contributed by atoms with E-state index in [2.05, 4.69) is 14.5 Å². The van der Waals surface area contributed by atoms with Crippen LogP contribution in [0.3, 0.4) is 0 Å².